The van der Waals surface area contributed by atoms with E-state index in [1.54, 1.807) is 32.2 Å². The van der Waals surface area contributed by atoms with Gasteiger partial charge < -0.3 is 29.3 Å². The lowest BCUT2D eigenvalue weighted by Crippen LogP contribution is -2.57. The monoisotopic (exact) mass is 826 g/mol. The number of piperidine rings is 1. The van der Waals surface area contributed by atoms with Crippen LogP contribution in [0.2, 0.25) is 5.02 Å². The Morgan fingerprint density at radius 3 is 2.56 bits per heavy atom. The van der Waals surface area contributed by atoms with Gasteiger partial charge in [-0.1, -0.05) is 36.7 Å². The summed E-state index contributed by atoms with van der Waals surface area (Å²) in [6.07, 6.45) is 12.0. The van der Waals surface area contributed by atoms with E-state index in [0.29, 0.717) is 50.0 Å². The van der Waals surface area contributed by atoms with Crippen molar-refractivity contribution in [1.29, 1.82) is 0 Å². The number of nitrogens with one attached hydrogen (secondary N) is 2. The van der Waals surface area contributed by atoms with E-state index in [1.807, 2.05) is 50.8 Å². The summed E-state index contributed by atoms with van der Waals surface area (Å²) in [6, 6.07) is 11.2. The molecule has 1 aliphatic carbocycles. The molecule has 2 amide bonds. The van der Waals surface area contributed by atoms with Crippen molar-refractivity contribution in [2.45, 2.75) is 122 Å². The lowest BCUT2D eigenvalue weighted by molar-refractivity contribution is -0.0738. The highest BCUT2D eigenvalue weighted by Crippen LogP contribution is 2.46. The molecule has 4 aliphatic rings. The van der Waals surface area contributed by atoms with Gasteiger partial charge in [0, 0.05) is 56.5 Å². The molecule has 6 atom stereocenters. The third kappa shape index (κ3) is 10.5. The number of nitrogens with zero attached hydrogens (tertiary/aromatic N) is 2. The van der Waals surface area contributed by atoms with Gasteiger partial charge in [-0.2, -0.15) is 0 Å². The molecule has 2 bridgehead atoms. The van der Waals surface area contributed by atoms with Gasteiger partial charge in [0.1, 0.15) is 23.6 Å². The zero-order valence-electron chi connectivity index (χ0n) is 34.7. The normalized spacial score (nSPS) is 29.0. The van der Waals surface area contributed by atoms with Crippen molar-refractivity contribution in [3.63, 3.8) is 0 Å². The second-order valence-corrected chi connectivity index (χ2v) is 20.1. The highest BCUT2D eigenvalue weighted by molar-refractivity contribution is 7.90. The first-order valence-corrected chi connectivity index (χ1v) is 22.8. The number of carbonyl (C=O) groups excluding carboxylic acids is 2. The van der Waals surface area contributed by atoms with Crippen molar-refractivity contribution in [1.82, 2.24) is 14.9 Å². The third-order valence-electron chi connectivity index (χ3n) is 12.6. The first-order chi connectivity index (χ1) is 27.1. The van der Waals surface area contributed by atoms with Crippen LogP contribution in [-0.4, -0.2) is 87.6 Å². The van der Waals surface area contributed by atoms with E-state index >= 15 is 0 Å². The topological polar surface area (TPSA) is 127 Å². The van der Waals surface area contributed by atoms with Crippen LogP contribution in [-0.2, 0) is 32.5 Å². The van der Waals surface area contributed by atoms with Gasteiger partial charge in [0.15, 0.2) is 0 Å². The molecule has 13 heteroatoms. The Morgan fingerprint density at radius 1 is 1.04 bits per heavy atom. The summed E-state index contributed by atoms with van der Waals surface area (Å²) < 4.78 is 48.5. The Balaban J connectivity index is 1.32. The van der Waals surface area contributed by atoms with Gasteiger partial charge >= 0.3 is 6.09 Å². The molecular weight excluding hydrogens is 764 g/mol. The maximum Gasteiger partial charge on any atom is 0.410 e. The zero-order chi connectivity index (χ0) is 41.0. The number of hydrogen-bond acceptors (Lipinski definition) is 9. The average molecular weight is 828 g/mol. The molecule has 0 spiro atoms. The Labute approximate surface area is 345 Å². The molecule has 57 heavy (non-hydrogen) atoms. The SMILES string of the molecule is CO[C@]1(CNC[C@H]2CCCCN2C(=O)OC(C)(C)C)/C=C/C[C@H](C)[C@@H](C)S(=O)(=O)NC(=O)c2ccc3c(c2)N(CCCCc2cc(Cl)ccc2CO3)C[C@@H]2CC[C@H]21. The van der Waals surface area contributed by atoms with Crippen LogP contribution in [0.3, 0.4) is 0 Å². The van der Waals surface area contributed by atoms with E-state index in [0.717, 1.165) is 69.2 Å². The number of hydrogen-bond donors (Lipinski definition) is 2. The molecule has 6 rings (SSSR count). The van der Waals surface area contributed by atoms with Gasteiger partial charge in [0.2, 0.25) is 10.0 Å². The van der Waals surface area contributed by atoms with Crippen LogP contribution < -0.4 is 19.7 Å². The van der Waals surface area contributed by atoms with Gasteiger partial charge in [0.05, 0.1) is 10.9 Å². The second kappa shape index (κ2) is 18.3. The quantitative estimate of drug-likeness (QED) is 0.290. The van der Waals surface area contributed by atoms with Crippen LogP contribution in [0.25, 0.3) is 0 Å². The Bertz CT molecular complexity index is 1880. The van der Waals surface area contributed by atoms with Gasteiger partial charge in [-0.25, -0.2) is 17.9 Å². The molecule has 1 saturated heterocycles. The molecule has 1 saturated carbocycles. The molecule has 2 fully saturated rings. The number of methoxy groups -OCH3 is 1. The molecule has 2 aromatic carbocycles. The van der Waals surface area contributed by atoms with Crippen molar-refractivity contribution < 1.29 is 32.2 Å². The lowest BCUT2D eigenvalue weighted by atomic mass is 9.64. The first-order valence-electron chi connectivity index (χ1n) is 20.9. The Morgan fingerprint density at radius 2 is 1.82 bits per heavy atom. The molecule has 2 aromatic rings. The predicted molar refractivity (Wildman–Crippen MR) is 226 cm³/mol. The number of sulfonamides is 1. The Hall–Kier alpha value is -3.32. The molecule has 3 heterocycles. The van der Waals surface area contributed by atoms with E-state index in [2.05, 4.69) is 27.1 Å². The van der Waals surface area contributed by atoms with Gasteiger partial charge in [0.25, 0.3) is 5.91 Å². The van der Waals surface area contributed by atoms with Crippen LogP contribution in [0.15, 0.2) is 48.6 Å². The number of benzene rings is 2. The number of amides is 2. The van der Waals surface area contributed by atoms with Crippen LogP contribution in [0, 0.1) is 17.8 Å². The van der Waals surface area contributed by atoms with Crippen LogP contribution in [0.5, 0.6) is 5.75 Å². The Kier molecular flexibility index (Phi) is 13.9. The van der Waals surface area contributed by atoms with Crippen LogP contribution in [0.1, 0.15) is 107 Å². The maximum atomic E-state index is 13.6. The molecule has 0 unspecified atom stereocenters. The summed E-state index contributed by atoms with van der Waals surface area (Å²) in [5.41, 5.74) is 2.01. The van der Waals surface area contributed by atoms with Crippen molar-refractivity contribution in [3.8, 4) is 5.75 Å². The number of ether oxygens (including phenoxy) is 3. The van der Waals surface area contributed by atoms with Crippen molar-refractivity contribution >= 4 is 39.3 Å². The largest absolute Gasteiger partial charge is 0.487 e. The van der Waals surface area contributed by atoms with E-state index < -0.39 is 32.4 Å². The molecule has 3 aliphatic heterocycles. The molecule has 0 radical (unpaired) electrons. The van der Waals surface area contributed by atoms with Crippen LogP contribution in [0.4, 0.5) is 10.5 Å². The fourth-order valence-electron chi connectivity index (χ4n) is 8.87. The fraction of sp³-hybridized carbons (Fsp3) is 0.636. The zero-order valence-corrected chi connectivity index (χ0v) is 36.2. The molecule has 0 aromatic heterocycles. The van der Waals surface area contributed by atoms with E-state index in [9.17, 15) is 18.0 Å². The van der Waals surface area contributed by atoms with Crippen molar-refractivity contribution in [2.75, 3.05) is 44.7 Å². The second-order valence-electron chi connectivity index (χ2n) is 17.6. The van der Waals surface area contributed by atoms with E-state index in [4.69, 9.17) is 25.8 Å². The fourth-order valence-corrected chi connectivity index (χ4v) is 10.3. The van der Waals surface area contributed by atoms with E-state index in [-0.39, 0.29) is 35.5 Å². The molecule has 314 valence electrons. The standard InChI is InChI=1S/C44H63ClN4O7S/c1-30-12-11-21-44(54-6,29-46-26-37-14-8-10-23-49(37)42(51)56-43(3,4)5)38-19-16-34(38)27-48-22-9-7-13-32-24-36(45)18-15-35(32)28-55-40-20-17-33(25-39(40)48)41(50)47-57(52,53)31(30)2/h11,15,17-18,20-21,24-25,30-31,34,37-38,46H,7-10,12-14,16,19,22-23,26-29H2,1-6H3,(H,47,50)/b21-11+/t30-,31+,34-,37+,38+,44-/m0/s1. The van der Waals surface area contributed by atoms with E-state index in [1.165, 1.54) is 5.56 Å². The first kappa shape index (κ1) is 43.3. The highest BCUT2D eigenvalue weighted by atomic mass is 35.5. The summed E-state index contributed by atoms with van der Waals surface area (Å²) in [5.74, 6) is 0.128. The van der Waals surface area contributed by atoms with Crippen molar-refractivity contribution in [3.05, 3.63) is 70.3 Å². The number of aryl methyl sites for hydroxylation is 1. The predicted octanol–water partition coefficient (Wildman–Crippen LogP) is 7.90. The minimum atomic E-state index is -4.00. The third-order valence-corrected chi connectivity index (χ3v) is 14.7. The number of rotatable bonds is 5. The average Bonchev–Trinajstić information content (AvgIpc) is 3.18. The van der Waals surface area contributed by atoms with Gasteiger partial charge in [-0.05, 0) is 145 Å². The highest BCUT2D eigenvalue weighted by Gasteiger charge is 2.47. The van der Waals surface area contributed by atoms with Gasteiger partial charge in [-0.15, -0.1) is 0 Å². The summed E-state index contributed by atoms with van der Waals surface area (Å²) in [4.78, 5) is 31.1. The van der Waals surface area contributed by atoms with Crippen molar-refractivity contribution in [2.24, 2.45) is 17.8 Å². The number of halogens is 1. The number of anilines is 1. The smallest absolute Gasteiger partial charge is 0.410 e. The summed E-state index contributed by atoms with van der Waals surface area (Å²) in [5, 5.41) is 3.60. The number of allylic oxidation sites excluding steroid dienone is 1. The maximum absolute atomic E-state index is 13.6. The molecule has 2 N–H and O–H groups in total. The van der Waals surface area contributed by atoms with Crippen LogP contribution >= 0.6 is 11.6 Å². The summed E-state index contributed by atoms with van der Waals surface area (Å²) in [7, 11) is -2.23. The summed E-state index contributed by atoms with van der Waals surface area (Å²) >= 11 is 6.41. The number of fused-ring (bicyclic) bond motifs is 3. The minimum Gasteiger partial charge on any atom is -0.487 e. The number of likely N-dealkylation sites (tertiary alicyclic amines) is 1. The minimum absolute atomic E-state index is 0.00199. The summed E-state index contributed by atoms with van der Waals surface area (Å²) in [6.45, 7) is 12.8. The number of carbonyl (C=O) groups is 2. The molecular formula is C44H63ClN4O7S. The lowest BCUT2D eigenvalue weighted by Gasteiger charge is -2.50. The molecule has 11 nitrogen and oxygen atoms in total. The van der Waals surface area contributed by atoms with Gasteiger partial charge in [-0.3, -0.25) is 4.79 Å².